The molecule has 0 saturated heterocycles. The molecule has 59 heavy (non-hydrogen) atoms. The first-order valence-corrected chi connectivity index (χ1v) is 20.4. The van der Waals surface area contributed by atoms with Crippen molar-refractivity contribution in [3.05, 3.63) is 204 Å². The maximum atomic E-state index is 7.13. The Morgan fingerprint density at radius 2 is 1.34 bits per heavy atom. The molecule has 12 rings (SSSR count). The van der Waals surface area contributed by atoms with Gasteiger partial charge in [-0.3, -0.25) is 4.57 Å². The first-order chi connectivity index (χ1) is 29.1. The molecule has 0 radical (unpaired) electrons. The molecule has 0 N–H and O–H groups in total. The third kappa shape index (κ3) is 4.96. The summed E-state index contributed by atoms with van der Waals surface area (Å²) in [7, 11) is 0. The monoisotopic (exact) mass is 761 g/mol. The first kappa shape index (κ1) is 33.8. The second kappa shape index (κ2) is 12.9. The van der Waals surface area contributed by atoms with Crippen LogP contribution in [0.1, 0.15) is 36.5 Å². The second-order valence-electron chi connectivity index (χ2n) is 16.2. The van der Waals surface area contributed by atoms with E-state index in [-0.39, 0.29) is 23.4 Å². The lowest BCUT2D eigenvalue weighted by molar-refractivity contribution is 0.229. The molecule has 6 heteroatoms. The van der Waals surface area contributed by atoms with Crippen molar-refractivity contribution >= 4 is 38.8 Å². The van der Waals surface area contributed by atoms with Crippen molar-refractivity contribution in [2.45, 2.75) is 31.3 Å². The summed E-state index contributed by atoms with van der Waals surface area (Å²) >= 11 is 0. The minimum Gasteiger partial charge on any atom is -0.483 e. The second-order valence-corrected chi connectivity index (χ2v) is 16.2. The number of hydrogen-bond donors (Lipinski definition) is 0. The van der Waals surface area contributed by atoms with E-state index in [0.29, 0.717) is 17.6 Å². The Bertz CT molecular complexity index is 3070. The molecular weight excluding hydrogens is 723 g/mol. The Morgan fingerprint density at radius 1 is 0.678 bits per heavy atom. The summed E-state index contributed by atoms with van der Waals surface area (Å²) in [4.78, 5) is 18.1. The van der Waals surface area contributed by atoms with E-state index in [2.05, 4.69) is 169 Å². The Labute approximate surface area is 342 Å². The molecule has 6 nitrogen and oxygen atoms in total. The molecule has 0 saturated carbocycles. The quantitative estimate of drug-likeness (QED) is 0.175. The molecule has 0 bridgehead atoms. The zero-order chi connectivity index (χ0) is 39.2. The third-order valence-corrected chi connectivity index (χ3v) is 12.9. The van der Waals surface area contributed by atoms with E-state index in [1.807, 2.05) is 36.4 Å². The van der Waals surface area contributed by atoms with Crippen molar-refractivity contribution in [2.75, 3.05) is 4.90 Å². The molecule has 2 aliphatic heterocycles. The van der Waals surface area contributed by atoms with E-state index in [1.54, 1.807) is 0 Å². The number of para-hydroxylation sites is 3. The molecular formula is C53H39N5O. The highest BCUT2D eigenvalue weighted by Gasteiger charge is 2.47. The average Bonchev–Trinajstić information content (AvgIpc) is 3.93. The van der Waals surface area contributed by atoms with Crippen molar-refractivity contribution in [2.24, 2.45) is 5.92 Å². The molecule has 0 spiro atoms. The Kier molecular flexibility index (Phi) is 7.36. The van der Waals surface area contributed by atoms with Gasteiger partial charge in [0.25, 0.3) is 0 Å². The Hall–Kier alpha value is -7.31. The number of anilines is 2. The predicted molar refractivity (Wildman–Crippen MR) is 238 cm³/mol. The van der Waals surface area contributed by atoms with Gasteiger partial charge in [0.15, 0.2) is 11.6 Å². The van der Waals surface area contributed by atoms with Crippen LogP contribution in [0, 0.1) is 5.92 Å². The Morgan fingerprint density at radius 3 is 2.08 bits per heavy atom. The van der Waals surface area contributed by atoms with Crippen molar-refractivity contribution in [1.82, 2.24) is 19.5 Å². The third-order valence-electron chi connectivity index (χ3n) is 12.9. The molecule has 6 aromatic carbocycles. The van der Waals surface area contributed by atoms with E-state index in [0.717, 1.165) is 44.2 Å². The van der Waals surface area contributed by atoms with Gasteiger partial charge in [-0.1, -0.05) is 146 Å². The number of ether oxygens (including phenoxy) is 1. The lowest BCUT2D eigenvalue weighted by atomic mass is 9.72. The van der Waals surface area contributed by atoms with E-state index < -0.39 is 0 Å². The molecule has 8 aromatic rings. The fourth-order valence-corrected chi connectivity index (χ4v) is 10.0. The van der Waals surface area contributed by atoms with Crippen molar-refractivity contribution in [3.63, 3.8) is 0 Å². The summed E-state index contributed by atoms with van der Waals surface area (Å²) in [6.07, 6.45) is 13.3. The number of benzene rings is 6. The van der Waals surface area contributed by atoms with Crippen molar-refractivity contribution < 1.29 is 4.74 Å². The average molecular weight is 762 g/mol. The molecule has 282 valence electrons. The highest BCUT2D eigenvalue weighted by Crippen LogP contribution is 2.58. The fourth-order valence-electron chi connectivity index (χ4n) is 10.0. The highest BCUT2D eigenvalue weighted by atomic mass is 16.5. The number of fused-ring (bicyclic) bond motifs is 10. The number of rotatable bonds is 5. The molecule has 2 aliphatic carbocycles. The summed E-state index contributed by atoms with van der Waals surface area (Å²) in [5.74, 6) is 2.98. The van der Waals surface area contributed by atoms with Crippen LogP contribution >= 0.6 is 0 Å². The summed E-state index contributed by atoms with van der Waals surface area (Å²) in [6, 6.07) is 51.1. The van der Waals surface area contributed by atoms with Gasteiger partial charge in [-0.25, -0.2) is 4.98 Å². The Balaban J connectivity index is 1.16. The molecule has 2 aromatic heterocycles. The number of hydrogen-bond acceptors (Lipinski definition) is 5. The van der Waals surface area contributed by atoms with E-state index >= 15 is 0 Å². The van der Waals surface area contributed by atoms with E-state index in [1.165, 1.54) is 33.8 Å². The molecule has 0 fully saturated rings. The maximum absolute atomic E-state index is 7.13. The van der Waals surface area contributed by atoms with Crippen LogP contribution in [0.25, 0.3) is 56.1 Å². The normalized spacial score (nSPS) is 21.1. The molecule has 0 amide bonds. The van der Waals surface area contributed by atoms with E-state index in [9.17, 15) is 0 Å². The van der Waals surface area contributed by atoms with Gasteiger partial charge in [0.1, 0.15) is 17.4 Å². The zero-order valence-electron chi connectivity index (χ0n) is 32.7. The van der Waals surface area contributed by atoms with Crippen LogP contribution in [0.3, 0.4) is 0 Å². The molecule has 4 unspecified atom stereocenters. The van der Waals surface area contributed by atoms with Gasteiger partial charge < -0.3 is 9.64 Å². The van der Waals surface area contributed by atoms with Gasteiger partial charge >= 0.3 is 0 Å². The SMILES string of the molecule is CC1C(c2cc3c(c4c2c2ccccc2n4-c2nc(-c4ccccc4)nc(-c4ccccc4)n2)OC2C=CC=CC32C)=CC=C2C1c1ccccc1N2c1ccccc1. The van der Waals surface area contributed by atoms with E-state index in [4.69, 9.17) is 19.7 Å². The standard InChI is InChI=1S/C53H39N5O/c1-33-37(29-30-44-46(33)38-24-12-14-26-42(38)57(44)36-22-10-5-11-23-36)40-32-41-49(59-45-28-16-17-31-53(41,45)2)48-47(40)39-25-13-15-27-43(39)58(48)52-55-50(34-18-6-3-7-19-34)54-51(56-52)35-20-8-4-9-21-35/h3-33,45-46H,1-2H3. The largest absolute Gasteiger partial charge is 0.483 e. The van der Waals surface area contributed by atoms with Crippen LogP contribution in [0.4, 0.5) is 11.4 Å². The van der Waals surface area contributed by atoms with Crippen LogP contribution in [-0.2, 0) is 5.41 Å². The molecule has 4 aliphatic rings. The number of aromatic nitrogens is 4. The van der Waals surface area contributed by atoms with Crippen LogP contribution in [0.15, 0.2) is 188 Å². The zero-order valence-corrected chi connectivity index (χ0v) is 32.7. The predicted octanol–water partition coefficient (Wildman–Crippen LogP) is 12.3. The van der Waals surface area contributed by atoms with Gasteiger partial charge in [0, 0.05) is 50.5 Å². The minimum absolute atomic E-state index is 0.157. The van der Waals surface area contributed by atoms with Gasteiger partial charge in [-0.2, -0.15) is 9.97 Å². The van der Waals surface area contributed by atoms with Crippen LogP contribution in [0.2, 0.25) is 0 Å². The summed E-state index contributed by atoms with van der Waals surface area (Å²) in [5, 5.41) is 2.26. The lowest BCUT2D eigenvalue weighted by Crippen LogP contribution is -2.32. The molecule has 4 atom stereocenters. The topological polar surface area (TPSA) is 56.1 Å². The van der Waals surface area contributed by atoms with Crippen molar-refractivity contribution in [1.29, 1.82) is 0 Å². The van der Waals surface area contributed by atoms with Crippen LogP contribution in [0.5, 0.6) is 5.75 Å². The maximum Gasteiger partial charge on any atom is 0.238 e. The number of allylic oxidation sites excluding steroid dienone is 6. The smallest absolute Gasteiger partial charge is 0.238 e. The molecule has 4 heterocycles. The number of nitrogens with zero attached hydrogens (tertiary/aromatic N) is 5. The summed E-state index contributed by atoms with van der Waals surface area (Å²) in [6.45, 7) is 4.71. The van der Waals surface area contributed by atoms with Gasteiger partial charge in [-0.05, 0) is 72.0 Å². The fraction of sp³-hybridized carbons (Fsp3) is 0.113. The van der Waals surface area contributed by atoms with Gasteiger partial charge in [-0.15, -0.1) is 0 Å². The first-order valence-electron chi connectivity index (χ1n) is 20.4. The van der Waals surface area contributed by atoms with Crippen LogP contribution in [-0.4, -0.2) is 25.6 Å². The highest BCUT2D eigenvalue weighted by molar-refractivity contribution is 6.16. The minimum atomic E-state index is -0.374. The van der Waals surface area contributed by atoms with Crippen molar-refractivity contribution in [3.8, 4) is 34.5 Å². The van der Waals surface area contributed by atoms with Gasteiger partial charge in [0.2, 0.25) is 5.95 Å². The van der Waals surface area contributed by atoms with Crippen LogP contribution < -0.4 is 9.64 Å². The van der Waals surface area contributed by atoms with Gasteiger partial charge in [0.05, 0.1) is 10.9 Å². The summed E-state index contributed by atoms with van der Waals surface area (Å²) in [5.41, 5.74) is 12.2. The lowest BCUT2D eigenvalue weighted by Gasteiger charge is -2.32. The summed E-state index contributed by atoms with van der Waals surface area (Å²) < 4.78 is 9.36.